The molecular weight excluding hydrogens is 284 g/mol. The molecule has 13 heteroatoms. The summed E-state index contributed by atoms with van der Waals surface area (Å²) in [5.41, 5.74) is 0. The van der Waals surface area contributed by atoms with Crippen molar-refractivity contribution >= 4 is 15.6 Å². The van der Waals surface area contributed by atoms with Crippen LogP contribution in [0.15, 0.2) is 0 Å². The Morgan fingerprint density at radius 2 is 1.54 bits per heavy atom. The van der Waals surface area contributed by atoms with Crippen LogP contribution in [0.1, 0.15) is 0 Å². The molecule has 0 saturated carbocycles. The summed E-state index contributed by atoms with van der Waals surface area (Å²) in [6.45, 7) is 0. The predicted molar refractivity (Wildman–Crippen MR) is 20.6 cm³/mol. The maximum atomic E-state index is 10.5. The first kappa shape index (κ1) is 18.8. The third kappa shape index (κ3) is 8.21. The molecule has 13 heavy (non-hydrogen) atoms. The van der Waals surface area contributed by atoms with Gasteiger partial charge in [0.1, 0.15) is 0 Å². The minimum absolute atomic E-state index is 0. The fourth-order valence-corrected chi connectivity index (χ4v) is 1.68. The summed E-state index contributed by atoms with van der Waals surface area (Å²) < 4.78 is 30.7. The second-order valence-electron chi connectivity index (χ2n) is 1.26. The van der Waals surface area contributed by atoms with Gasteiger partial charge in [-0.1, -0.05) is 9.35 Å². The van der Waals surface area contributed by atoms with Crippen molar-refractivity contribution in [2.45, 2.75) is 0 Å². The summed E-state index contributed by atoms with van der Waals surface area (Å²) in [5.74, 6) is 0. The van der Waals surface area contributed by atoms with Crippen molar-refractivity contribution in [2.75, 3.05) is 0 Å². The Labute approximate surface area is 157 Å². The van der Waals surface area contributed by atoms with Gasteiger partial charge in [0.05, 0.1) is 7.82 Å². The Balaban J connectivity index is 0. The monoisotopic (exact) mass is 284 g/mol. The molecule has 1 aliphatic heterocycles. The Kier molecular flexibility index (Phi) is 11.2. The van der Waals surface area contributed by atoms with Gasteiger partial charge in [0.25, 0.3) is 0 Å². The van der Waals surface area contributed by atoms with Crippen molar-refractivity contribution in [2.24, 2.45) is 0 Å². The van der Waals surface area contributed by atoms with Gasteiger partial charge in [0, 0.05) is 0 Å². The zero-order valence-corrected chi connectivity index (χ0v) is 14.6. The van der Waals surface area contributed by atoms with Crippen LogP contribution >= 0.6 is 15.6 Å². The normalized spacial score (nSPS) is 20.2. The van der Waals surface area contributed by atoms with Gasteiger partial charge in [0.15, 0.2) is 0 Å². The molecule has 0 atom stereocenters. The average molecular weight is 284 g/mol. The second-order valence-corrected chi connectivity index (χ2v) is 4.00. The maximum absolute atomic E-state index is 10.5. The van der Waals surface area contributed by atoms with Gasteiger partial charge in [-0.25, -0.2) is 4.57 Å². The Morgan fingerprint density at radius 3 is 1.85 bits per heavy atom. The summed E-state index contributed by atoms with van der Waals surface area (Å²) in [6, 6.07) is 0. The van der Waals surface area contributed by atoms with Crippen LogP contribution in [0.5, 0.6) is 0 Å². The van der Waals surface area contributed by atoms with Crippen molar-refractivity contribution in [1.82, 2.24) is 0 Å². The SMILES string of the molecule is O=P([O-])([O-])OP1(=O)OOOO1.[K+].[K+]. The van der Waals surface area contributed by atoms with Crippen LogP contribution in [-0.4, -0.2) is 0 Å². The predicted octanol–water partition coefficient (Wildman–Crippen LogP) is -7.23. The number of phosphoric acid groups is 2. The van der Waals surface area contributed by atoms with Gasteiger partial charge in [-0.05, 0) is 10.1 Å². The Morgan fingerprint density at radius 1 is 1.15 bits per heavy atom. The number of hydrogen-bond acceptors (Lipinski definition) is 9. The molecule has 0 aliphatic carbocycles. The molecule has 0 unspecified atom stereocenters. The van der Waals surface area contributed by atoms with E-state index in [9.17, 15) is 18.9 Å². The van der Waals surface area contributed by atoms with Crippen LogP contribution in [0.4, 0.5) is 0 Å². The fraction of sp³-hybridized carbons (Fsp3) is 0. The van der Waals surface area contributed by atoms with Crippen LogP contribution in [0.25, 0.3) is 0 Å². The zero-order chi connectivity index (χ0) is 8.54. The second kappa shape index (κ2) is 7.72. The Hall–Kier alpha value is 3.45. The molecule has 0 amide bonds. The third-order valence-corrected chi connectivity index (χ3v) is 2.56. The summed E-state index contributed by atoms with van der Waals surface area (Å²) in [7, 11) is -9.98. The molecule has 0 bridgehead atoms. The Bertz CT molecular complexity index is 220. The maximum Gasteiger partial charge on any atom is 1.00 e. The molecule has 0 spiro atoms. The van der Waals surface area contributed by atoms with Crippen molar-refractivity contribution < 1.29 is 145 Å². The van der Waals surface area contributed by atoms with Crippen LogP contribution in [0.2, 0.25) is 0 Å². The topological polar surface area (TPSA) is 126 Å². The van der Waals surface area contributed by atoms with Crippen LogP contribution in [0.3, 0.4) is 0 Å². The molecule has 1 aliphatic rings. The molecule has 1 rings (SSSR count). The molecule has 66 valence electrons. The average Bonchev–Trinajstić information content (AvgIpc) is 2.09. The quantitative estimate of drug-likeness (QED) is 0.276. The van der Waals surface area contributed by atoms with E-state index in [4.69, 9.17) is 0 Å². The minimum atomic E-state index is -5.45. The van der Waals surface area contributed by atoms with E-state index in [2.05, 4.69) is 23.7 Å². The largest absolute Gasteiger partial charge is 1.00 e. The summed E-state index contributed by atoms with van der Waals surface area (Å²) >= 11 is 0. The molecule has 0 radical (unpaired) electrons. The van der Waals surface area contributed by atoms with E-state index in [1.54, 1.807) is 0 Å². The molecule has 9 nitrogen and oxygen atoms in total. The fourth-order valence-electron chi connectivity index (χ4n) is 0.261. The standard InChI is InChI=1S/2K.H2O9P2/c;;1-10(2,3)9-11(4)7-5-6-8-11/h;;(H2,1,2,3)/q2*+1;/p-2. The molecule has 1 heterocycles. The van der Waals surface area contributed by atoms with E-state index in [1.165, 1.54) is 0 Å². The first-order valence-electron chi connectivity index (χ1n) is 1.96. The van der Waals surface area contributed by atoms with Gasteiger partial charge in [0.2, 0.25) is 0 Å². The number of hydrogen-bond donors (Lipinski definition) is 0. The zero-order valence-electron chi connectivity index (χ0n) is 6.57. The smallest absolute Gasteiger partial charge is 0.789 e. The van der Waals surface area contributed by atoms with Gasteiger partial charge in [-0.3, -0.25) is 4.31 Å². The van der Waals surface area contributed by atoms with E-state index in [0.717, 1.165) is 0 Å². The van der Waals surface area contributed by atoms with Crippen LogP contribution in [-0.2, 0) is 32.9 Å². The van der Waals surface area contributed by atoms with E-state index < -0.39 is 15.6 Å². The molecule has 0 aromatic rings. The van der Waals surface area contributed by atoms with Gasteiger partial charge in [-0.15, -0.1) is 0 Å². The van der Waals surface area contributed by atoms with Gasteiger partial charge < -0.3 is 14.4 Å². The molecule has 0 aromatic heterocycles. The van der Waals surface area contributed by atoms with Crippen molar-refractivity contribution in [1.29, 1.82) is 0 Å². The number of rotatable bonds is 2. The first-order valence-corrected chi connectivity index (χ1v) is 4.88. The van der Waals surface area contributed by atoms with Crippen LogP contribution < -0.4 is 113 Å². The first-order chi connectivity index (χ1) is 4.91. The van der Waals surface area contributed by atoms with Gasteiger partial charge in [-0.2, -0.15) is 0 Å². The molecule has 0 N–H and O–H groups in total. The van der Waals surface area contributed by atoms with E-state index in [0.29, 0.717) is 0 Å². The van der Waals surface area contributed by atoms with Crippen molar-refractivity contribution in [3.8, 4) is 0 Å². The molecule has 0 aromatic carbocycles. The van der Waals surface area contributed by atoms with Gasteiger partial charge >= 0.3 is 111 Å². The van der Waals surface area contributed by atoms with Crippen molar-refractivity contribution in [3.05, 3.63) is 0 Å². The summed E-state index contributed by atoms with van der Waals surface area (Å²) in [6.07, 6.45) is 0. The van der Waals surface area contributed by atoms with Crippen LogP contribution in [0, 0.1) is 0 Å². The van der Waals surface area contributed by atoms with E-state index in [-0.39, 0.29) is 103 Å². The third-order valence-electron chi connectivity index (χ3n) is 0.471. The molecule has 1 fully saturated rings. The van der Waals surface area contributed by atoms with E-state index >= 15 is 0 Å². The molecule has 1 saturated heterocycles. The molecular formula is K2O9P2. The minimum Gasteiger partial charge on any atom is -0.789 e. The van der Waals surface area contributed by atoms with E-state index in [1.807, 2.05) is 0 Å². The van der Waals surface area contributed by atoms with Crippen molar-refractivity contribution in [3.63, 3.8) is 0 Å². The summed E-state index contributed by atoms with van der Waals surface area (Å²) in [5, 5.41) is 6.79. The summed E-state index contributed by atoms with van der Waals surface area (Å²) in [4.78, 5) is 19.6.